The van der Waals surface area contributed by atoms with E-state index in [1.807, 2.05) is 48.7 Å². The van der Waals surface area contributed by atoms with E-state index in [1.54, 1.807) is 12.1 Å². The van der Waals surface area contributed by atoms with Crippen molar-refractivity contribution in [3.05, 3.63) is 60.2 Å². The molecule has 2 heterocycles. The van der Waals surface area contributed by atoms with Crippen LogP contribution in [0, 0.1) is 0 Å². The molecule has 0 amide bonds. The molecule has 1 aromatic heterocycles. The van der Waals surface area contributed by atoms with Crippen LogP contribution in [0.25, 0.3) is 11.3 Å². The number of Topliss-reactive ketones (excluding diaryl/α,β-unsaturated/α-hetero) is 1. The van der Waals surface area contributed by atoms with Crippen molar-refractivity contribution in [3.8, 4) is 17.1 Å². The Bertz CT molecular complexity index is 933. The number of anilines is 1. The maximum Gasteiger partial charge on any atom is 0.247 e. The highest BCUT2D eigenvalue weighted by Crippen LogP contribution is 2.36. The second-order valence-electron chi connectivity index (χ2n) is 5.37. The van der Waals surface area contributed by atoms with Crippen LogP contribution in [0.1, 0.15) is 10.4 Å². The summed E-state index contributed by atoms with van der Waals surface area (Å²) in [5, 5.41) is 12.0. The molecule has 0 fully saturated rings. The first-order chi connectivity index (χ1) is 12.3. The van der Waals surface area contributed by atoms with E-state index in [-0.39, 0.29) is 5.78 Å². The van der Waals surface area contributed by atoms with Crippen molar-refractivity contribution in [2.75, 3.05) is 11.6 Å². The number of benzene rings is 2. The Labute approximate surface area is 148 Å². The van der Waals surface area contributed by atoms with E-state index in [4.69, 9.17) is 4.74 Å². The Morgan fingerprint density at radius 1 is 1.08 bits per heavy atom. The summed E-state index contributed by atoms with van der Waals surface area (Å²) in [5.74, 6) is 0.124. The Morgan fingerprint density at radius 2 is 1.84 bits per heavy atom. The largest absolute Gasteiger partial charge is 0.444 e. The fourth-order valence-corrected chi connectivity index (χ4v) is 2.90. The predicted octanol–water partition coefficient (Wildman–Crippen LogP) is 3.27. The number of nitrogens with zero attached hydrogens (tertiary/aromatic N) is 3. The molecule has 25 heavy (non-hydrogen) atoms. The molecule has 124 valence electrons. The van der Waals surface area contributed by atoms with Crippen LogP contribution in [0.2, 0.25) is 0 Å². The van der Waals surface area contributed by atoms with Crippen molar-refractivity contribution in [3.63, 3.8) is 0 Å². The van der Waals surface area contributed by atoms with Crippen molar-refractivity contribution in [2.24, 2.45) is 0 Å². The minimum atomic E-state index is -0.892. The molecule has 0 spiro atoms. The van der Waals surface area contributed by atoms with Gasteiger partial charge in [0.1, 0.15) is 0 Å². The molecule has 2 aromatic carbocycles. The third kappa shape index (κ3) is 2.94. The Morgan fingerprint density at radius 3 is 2.64 bits per heavy atom. The molecular weight excluding hydrogens is 336 g/mol. The number of thioether (sulfide) groups is 1. The second-order valence-corrected chi connectivity index (χ2v) is 6.14. The molecule has 0 radical (unpaired) electrons. The number of ketones is 1. The highest BCUT2D eigenvalue weighted by molar-refractivity contribution is 7.98. The van der Waals surface area contributed by atoms with Crippen LogP contribution in [0.4, 0.5) is 5.69 Å². The van der Waals surface area contributed by atoms with Crippen molar-refractivity contribution in [1.82, 2.24) is 15.2 Å². The maximum absolute atomic E-state index is 12.9. The highest BCUT2D eigenvalue weighted by atomic mass is 32.2. The molecule has 4 rings (SSSR count). The van der Waals surface area contributed by atoms with Gasteiger partial charge in [-0.3, -0.25) is 4.79 Å². The number of para-hydroxylation sites is 1. The van der Waals surface area contributed by atoms with Gasteiger partial charge in [-0.2, -0.15) is 4.98 Å². The molecule has 0 saturated heterocycles. The van der Waals surface area contributed by atoms with Crippen LogP contribution in [0.3, 0.4) is 0 Å². The van der Waals surface area contributed by atoms with Gasteiger partial charge >= 0.3 is 0 Å². The lowest BCUT2D eigenvalue weighted by Crippen LogP contribution is -2.35. The Balaban J connectivity index is 1.81. The summed E-state index contributed by atoms with van der Waals surface area (Å²) in [6, 6.07) is 16.6. The summed E-state index contributed by atoms with van der Waals surface area (Å²) in [6.07, 6.45) is 0.968. The van der Waals surface area contributed by atoms with Gasteiger partial charge in [-0.05, 0) is 12.3 Å². The van der Waals surface area contributed by atoms with E-state index in [9.17, 15) is 4.79 Å². The minimum Gasteiger partial charge on any atom is -0.444 e. The van der Waals surface area contributed by atoms with Gasteiger partial charge in [0.25, 0.3) is 0 Å². The van der Waals surface area contributed by atoms with Crippen LogP contribution in [0.15, 0.2) is 59.8 Å². The van der Waals surface area contributed by atoms with Crippen LogP contribution < -0.4 is 10.1 Å². The van der Waals surface area contributed by atoms with Gasteiger partial charge in [-0.25, -0.2) is 0 Å². The van der Waals surface area contributed by atoms with Gasteiger partial charge < -0.3 is 10.1 Å². The van der Waals surface area contributed by atoms with Crippen molar-refractivity contribution < 1.29 is 9.53 Å². The molecule has 0 aliphatic carbocycles. The summed E-state index contributed by atoms with van der Waals surface area (Å²) >= 11 is 1.37. The minimum absolute atomic E-state index is 0.174. The molecule has 3 aromatic rings. The number of hydrogen-bond acceptors (Lipinski definition) is 7. The van der Waals surface area contributed by atoms with Gasteiger partial charge in [0.2, 0.25) is 23.0 Å². The molecule has 0 bridgehead atoms. The lowest BCUT2D eigenvalue weighted by molar-refractivity contribution is 0.0823. The number of aromatic nitrogens is 3. The van der Waals surface area contributed by atoms with Crippen LogP contribution in [0.5, 0.6) is 5.88 Å². The van der Waals surface area contributed by atoms with Crippen molar-refractivity contribution in [1.29, 1.82) is 0 Å². The van der Waals surface area contributed by atoms with E-state index in [0.29, 0.717) is 22.3 Å². The first-order valence-electron chi connectivity index (χ1n) is 7.67. The first-order valence-corrected chi connectivity index (χ1v) is 8.89. The Kier molecular flexibility index (Phi) is 4.07. The summed E-state index contributed by atoms with van der Waals surface area (Å²) in [4.78, 5) is 17.3. The molecule has 1 aliphatic heterocycles. The smallest absolute Gasteiger partial charge is 0.247 e. The molecule has 1 N–H and O–H groups in total. The number of carbonyl (C=O) groups is 1. The van der Waals surface area contributed by atoms with E-state index in [2.05, 4.69) is 20.5 Å². The van der Waals surface area contributed by atoms with Crippen molar-refractivity contribution in [2.45, 2.75) is 11.4 Å². The van der Waals surface area contributed by atoms with E-state index in [1.165, 1.54) is 11.8 Å². The number of fused-ring (bicyclic) bond motifs is 3. The molecule has 1 atom stereocenters. The predicted molar refractivity (Wildman–Crippen MR) is 95.9 cm³/mol. The summed E-state index contributed by atoms with van der Waals surface area (Å²) < 4.78 is 5.91. The molecule has 1 unspecified atom stereocenters. The fraction of sp³-hybridized carbons (Fsp3) is 0.111. The fourth-order valence-electron chi connectivity index (χ4n) is 2.61. The summed E-state index contributed by atoms with van der Waals surface area (Å²) in [7, 11) is 0. The third-order valence-electron chi connectivity index (χ3n) is 3.81. The average Bonchev–Trinajstić information content (AvgIpc) is 2.84. The summed E-state index contributed by atoms with van der Waals surface area (Å²) in [6.45, 7) is 0. The molecule has 1 aliphatic rings. The number of carbonyl (C=O) groups excluding carboxylic acids is 1. The number of hydrogen-bond donors (Lipinski definition) is 1. The topological polar surface area (TPSA) is 77.0 Å². The lowest BCUT2D eigenvalue weighted by atomic mass is 10.1. The van der Waals surface area contributed by atoms with Gasteiger partial charge in [-0.1, -0.05) is 60.3 Å². The normalized spacial score (nSPS) is 15.2. The first kappa shape index (κ1) is 15.6. The standard InChI is InChI=1S/C18H14N4O2S/c1-25-18-20-16-14(21-22-18)12-9-5-6-10-13(12)19-17(24-16)15(23)11-7-3-2-4-8-11/h2-10,17,19H,1H3. The second kappa shape index (κ2) is 6.52. The SMILES string of the molecule is CSc1nnc2c(n1)OC(C(=O)c1ccccc1)Nc1ccccc1-2. The molecule has 7 heteroatoms. The zero-order valence-corrected chi connectivity index (χ0v) is 14.2. The van der Waals surface area contributed by atoms with Crippen molar-refractivity contribution >= 4 is 23.2 Å². The van der Waals surface area contributed by atoms with Crippen LogP contribution in [-0.2, 0) is 0 Å². The number of rotatable bonds is 3. The zero-order valence-electron chi connectivity index (χ0n) is 13.3. The monoisotopic (exact) mass is 350 g/mol. The van der Waals surface area contributed by atoms with Crippen LogP contribution in [-0.4, -0.2) is 33.4 Å². The lowest BCUT2D eigenvalue weighted by Gasteiger charge is -2.17. The quantitative estimate of drug-likeness (QED) is 0.574. The maximum atomic E-state index is 12.9. The molecular formula is C18H14N4O2S. The van der Waals surface area contributed by atoms with E-state index in [0.717, 1.165) is 11.3 Å². The summed E-state index contributed by atoms with van der Waals surface area (Å²) in [5.41, 5.74) is 2.63. The van der Waals surface area contributed by atoms with Crippen LogP contribution >= 0.6 is 11.8 Å². The highest BCUT2D eigenvalue weighted by Gasteiger charge is 2.29. The van der Waals surface area contributed by atoms with Gasteiger partial charge in [0, 0.05) is 16.8 Å². The Hall–Kier alpha value is -2.93. The van der Waals surface area contributed by atoms with Gasteiger partial charge in [0.15, 0.2) is 5.69 Å². The molecule has 0 saturated carbocycles. The van der Waals surface area contributed by atoms with E-state index < -0.39 is 6.23 Å². The third-order valence-corrected chi connectivity index (χ3v) is 4.35. The van der Waals surface area contributed by atoms with Gasteiger partial charge in [0.05, 0.1) is 0 Å². The van der Waals surface area contributed by atoms with E-state index >= 15 is 0 Å². The number of ether oxygens (including phenoxy) is 1. The average molecular weight is 350 g/mol. The van der Waals surface area contributed by atoms with Gasteiger partial charge in [-0.15, -0.1) is 10.2 Å². The number of nitrogens with one attached hydrogen (secondary N) is 1. The zero-order chi connectivity index (χ0) is 17.2. The molecule has 6 nitrogen and oxygen atoms in total.